The van der Waals surface area contributed by atoms with Gasteiger partial charge in [0.25, 0.3) is 0 Å². The van der Waals surface area contributed by atoms with Crippen molar-refractivity contribution in [3.05, 3.63) is 0 Å². The molecule has 1 saturated carbocycles. The first-order valence-electron chi connectivity index (χ1n) is 5.06. The number of nitrogens with two attached hydrogens (primary N) is 1. The third kappa shape index (κ3) is 2.45. The van der Waals surface area contributed by atoms with E-state index in [2.05, 4.69) is 13.8 Å². The first kappa shape index (κ1) is 11.5. The van der Waals surface area contributed by atoms with Crippen molar-refractivity contribution in [3.63, 3.8) is 0 Å². The lowest BCUT2D eigenvalue weighted by molar-refractivity contribution is -0.131. The zero-order chi connectivity index (χ0) is 10.8. The fraction of sp³-hybridized carbons (Fsp3) is 0.900. The van der Waals surface area contributed by atoms with E-state index in [1.165, 1.54) is 0 Å². The van der Waals surface area contributed by atoms with Gasteiger partial charge in [0, 0.05) is 6.42 Å². The predicted octanol–water partition coefficient (Wildman–Crippen LogP) is 1.04. The number of nitrogens with one attached hydrogen (secondary N) is 1. The minimum Gasteiger partial charge on any atom is -0.330 e. The molecule has 0 spiro atoms. The Labute approximate surface area is 84.8 Å². The van der Waals surface area contributed by atoms with Crippen LogP contribution < -0.4 is 11.2 Å². The van der Waals surface area contributed by atoms with E-state index in [1.54, 1.807) is 5.48 Å². The molecular formula is C10H20N2O2. The number of hydrogen-bond acceptors (Lipinski definition) is 3. The Kier molecular flexibility index (Phi) is 3.17. The molecule has 0 aromatic carbocycles. The molecule has 1 rings (SSSR count). The van der Waals surface area contributed by atoms with Gasteiger partial charge in [0.15, 0.2) is 0 Å². The van der Waals surface area contributed by atoms with Crippen molar-refractivity contribution >= 4 is 5.91 Å². The van der Waals surface area contributed by atoms with Gasteiger partial charge in [-0.05, 0) is 36.6 Å². The molecule has 0 aromatic rings. The van der Waals surface area contributed by atoms with E-state index in [4.69, 9.17) is 10.9 Å². The van der Waals surface area contributed by atoms with Gasteiger partial charge in [-0.2, -0.15) is 0 Å². The van der Waals surface area contributed by atoms with E-state index in [0.29, 0.717) is 13.0 Å². The molecule has 14 heavy (non-hydrogen) atoms. The van der Waals surface area contributed by atoms with Crippen LogP contribution in [0.3, 0.4) is 0 Å². The summed E-state index contributed by atoms with van der Waals surface area (Å²) in [7, 11) is 0. The predicted molar refractivity (Wildman–Crippen MR) is 53.7 cm³/mol. The number of hydrogen-bond donors (Lipinski definition) is 3. The molecule has 0 unspecified atom stereocenters. The van der Waals surface area contributed by atoms with Crippen molar-refractivity contribution in [2.24, 2.45) is 16.6 Å². The van der Waals surface area contributed by atoms with Crippen molar-refractivity contribution in [2.45, 2.75) is 39.5 Å². The summed E-state index contributed by atoms with van der Waals surface area (Å²) in [6.07, 6.45) is 3.38. The molecule has 1 aliphatic rings. The Bertz CT molecular complexity index is 228. The second-order valence-corrected chi connectivity index (χ2v) is 5.26. The van der Waals surface area contributed by atoms with Gasteiger partial charge in [0.1, 0.15) is 0 Å². The second-order valence-electron chi connectivity index (χ2n) is 5.26. The summed E-state index contributed by atoms with van der Waals surface area (Å²) in [5.74, 6) is -0.326. The van der Waals surface area contributed by atoms with Gasteiger partial charge in [-0.1, -0.05) is 13.8 Å². The van der Waals surface area contributed by atoms with Gasteiger partial charge in [0.2, 0.25) is 5.91 Å². The quantitative estimate of drug-likeness (QED) is 0.470. The molecule has 1 amide bonds. The maximum atomic E-state index is 11.1. The highest BCUT2D eigenvalue weighted by Crippen LogP contribution is 2.50. The van der Waals surface area contributed by atoms with Crippen LogP contribution in [-0.4, -0.2) is 17.7 Å². The van der Waals surface area contributed by atoms with Gasteiger partial charge in [-0.25, -0.2) is 5.48 Å². The summed E-state index contributed by atoms with van der Waals surface area (Å²) in [4.78, 5) is 11.1. The van der Waals surface area contributed by atoms with Crippen LogP contribution in [0.25, 0.3) is 0 Å². The van der Waals surface area contributed by atoms with Gasteiger partial charge < -0.3 is 5.73 Å². The zero-order valence-electron chi connectivity index (χ0n) is 8.97. The Balaban J connectivity index is 2.65. The number of rotatable bonds is 3. The van der Waals surface area contributed by atoms with E-state index in [1.807, 2.05) is 0 Å². The molecule has 1 atom stereocenters. The number of carbonyl (C=O) groups is 1. The Morgan fingerprint density at radius 3 is 2.50 bits per heavy atom. The fourth-order valence-electron chi connectivity index (χ4n) is 2.57. The molecule has 0 bridgehead atoms. The fourth-order valence-corrected chi connectivity index (χ4v) is 2.57. The van der Waals surface area contributed by atoms with E-state index in [9.17, 15) is 4.79 Å². The van der Waals surface area contributed by atoms with E-state index in [-0.39, 0.29) is 16.7 Å². The largest absolute Gasteiger partial charge is 0.330 e. The monoisotopic (exact) mass is 200 g/mol. The summed E-state index contributed by atoms with van der Waals surface area (Å²) < 4.78 is 0. The lowest BCUT2D eigenvalue weighted by atomic mass is 9.79. The van der Waals surface area contributed by atoms with Crippen LogP contribution in [0, 0.1) is 10.8 Å². The molecule has 82 valence electrons. The second kappa shape index (κ2) is 3.87. The van der Waals surface area contributed by atoms with Crippen LogP contribution in [0.4, 0.5) is 0 Å². The smallest absolute Gasteiger partial charge is 0.243 e. The molecule has 0 aromatic heterocycles. The molecular weight excluding hydrogens is 180 g/mol. The first-order chi connectivity index (χ1) is 6.43. The highest BCUT2D eigenvalue weighted by molar-refractivity contribution is 5.75. The van der Waals surface area contributed by atoms with Crippen LogP contribution in [0.5, 0.6) is 0 Å². The van der Waals surface area contributed by atoms with Gasteiger partial charge in [0.05, 0.1) is 0 Å². The van der Waals surface area contributed by atoms with Crippen LogP contribution in [0.2, 0.25) is 0 Å². The maximum absolute atomic E-state index is 11.1. The van der Waals surface area contributed by atoms with Crippen molar-refractivity contribution in [3.8, 4) is 0 Å². The Hall–Kier alpha value is -0.610. The normalized spacial score (nSPS) is 30.3. The summed E-state index contributed by atoms with van der Waals surface area (Å²) in [5.41, 5.74) is 7.59. The third-order valence-corrected chi connectivity index (χ3v) is 3.28. The number of hydroxylamine groups is 1. The van der Waals surface area contributed by atoms with Crippen molar-refractivity contribution < 1.29 is 10.0 Å². The van der Waals surface area contributed by atoms with Gasteiger partial charge in [-0.15, -0.1) is 0 Å². The first-order valence-corrected chi connectivity index (χ1v) is 5.06. The van der Waals surface area contributed by atoms with Gasteiger partial charge >= 0.3 is 0 Å². The molecule has 0 saturated heterocycles. The lowest BCUT2D eigenvalue weighted by Crippen LogP contribution is -2.35. The van der Waals surface area contributed by atoms with Gasteiger partial charge in [-0.3, -0.25) is 10.0 Å². The zero-order valence-corrected chi connectivity index (χ0v) is 8.97. The van der Waals surface area contributed by atoms with Crippen LogP contribution in [0.1, 0.15) is 39.5 Å². The highest BCUT2D eigenvalue weighted by Gasteiger charge is 2.43. The highest BCUT2D eigenvalue weighted by atomic mass is 16.5. The average molecular weight is 200 g/mol. The molecule has 1 aliphatic carbocycles. The molecule has 0 heterocycles. The molecule has 4 nitrogen and oxygen atoms in total. The Morgan fingerprint density at radius 1 is 1.50 bits per heavy atom. The van der Waals surface area contributed by atoms with Crippen LogP contribution in [0.15, 0.2) is 0 Å². The summed E-state index contributed by atoms with van der Waals surface area (Å²) in [6, 6.07) is 0. The topological polar surface area (TPSA) is 75.4 Å². The van der Waals surface area contributed by atoms with Crippen molar-refractivity contribution in [1.82, 2.24) is 5.48 Å². The summed E-state index contributed by atoms with van der Waals surface area (Å²) >= 11 is 0. The van der Waals surface area contributed by atoms with Crippen molar-refractivity contribution in [1.29, 1.82) is 0 Å². The molecule has 1 fully saturated rings. The van der Waals surface area contributed by atoms with Crippen molar-refractivity contribution in [2.75, 3.05) is 6.54 Å². The number of carbonyl (C=O) groups excluding carboxylic acids is 1. The van der Waals surface area contributed by atoms with E-state index < -0.39 is 0 Å². The lowest BCUT2D eigenvalue weighted by Gasteiger charge is -2.28. The minimum absolute atomic E-state index is 0.101. The third-order valence-electron chi connectivity index (χ3n) is 3.28. The SMILES string of the molecule is CC1(C)CC[C@](CN)(CC(=O)NO)C1. The number of amides is 1. The summed E-state index contributed by atoms with van der Waals surface area (Å²) in [5, 5.41) is 8.49. The van der Waals surface area contributed by atoms with E-state index in [0.717, 1.165) is 19.3 Å². The molecule has 4 N–H and O–H groups in total. The molecule has 4 heteroatoms. The minimum atomic E-state index is -0.326. The average Bonchev–Trinajstić information content (AvgIpc) is 2.42. The van der Waals surface area contributed by atoms with Crippen LogP contribution >= 0.6 is 0 Å². The van der Waals surface area contributed by atoms with Crippen LogP contribution in [-0.2, 0) is 4.79 Å². The maximum Gasteiger partial charge on any atom is 0.243 e. The molecule has 0 aliphatic heterocycles. The molecule has 0 radical (unpaired) electrons. The van der Waals surface area contributed by atoms with E-state index >= 15 is 0 Å². The Morgan fingerprint density at radius 2 is 2.14 bits per heavy atom. The standard InChI is InChI=1S/C10H20N2O2/c1-9(2)3-4-10(6-9,7-11)5-8(13)12-14/h14H,3-7,11H2,1-2H3,(H,12,13)/t10-/m0/s1. The summed E-state index contributed by atoms with van der Waals surface area (Å²) in [6.45, 7) is 4.91.